The van der Waals surface area contributed by atoms with Crippen molar-refractivity contribution in [1.29, 1.82) is 0 Å². The molecule has 1 heterocycles. The number of benzene rings is 1. The number of aromatic nitrogens is 1. The molecule has 0 unspecified atom stereocenters. The van der Waals surface area contributed by atoms with Gasteiger partial charge in [-0.3, -0.25) is 10.1 Å². The molecular weight excluding hydrogens is 302 g/mol. The lowest BCUT2D eigenvalue weighted by molar-refractivity contribution is -0.384. The van der Waals surface area contributed by atoms with Gasteiger partial charge in [0.05, 0.1) is 24.7 Å². The molecule has 0 amide bonds. The molecular formula is C15H15N3O5. The Labute approximate surface area is 132 Å². The van der Waals surface area contributed by atoms with Crippen molar-refractivity contribution in [3.05, 3.63) is 57.8 Å². The predicted molar refractivity (Wildman–Crippen MR) is 82.6 cm³/mol. The van der Waals surface area contributed by atoms with Crippen molar-refractivity contribution in [3.63, 3.8) is 0 Å². The summed E-state index contributed by atoms with van der Waals surface area (Å²) >= 11 is 0. The number of anilines is 1. The summed E-state index contributed by atoms with van der Waals surface area (Å²) in [6.45, 7) is 0.343. The Kier molecular flexibility index (Phi) is 5.08. The maximum atomic E-state index is 11.4. The maximum absolute atomic E-state index is 11.4. The Morgan fingerprint density at radius 2 is 2.00 bits per heavy atom. The van der Waals surface area contributed by atoms with Crippen molar-refractivity contribution in [2.75, 3.05) is 19.5 Å². The minimum absolute atomic E-state index is 0.0224. The van der Waals surface area contributed by atoms with Crippen LogP contribution in [0.15, 0.2) is 36.5 Å². The topological polar surface area (TPSA) is 104 Å². The van der Waals surface area contributed by atoms with Crippen LogP contribution in [0.1, 0.15) is 15.9 Å². The molecule has 2 rings (SSSR count). The van der Waals surface area contributed by atoms with Crippen molar-refractivity contribution in [3.8, 4) is 5.75 Å². The first-order valence-corrected chi connectivity index (χ1v) is 6.64. The van der Waals surface area contributed by atoms with Gasteiger partial charge in [-0.05, 0) is 17.7 Å². The van der Waals surface area contributed by atoms with Gasteiger partial charge in [0, 0.05) is 18.8 Å². The highest BCUT2D eigenvalue weighted by atomic mass is 16.6. The van der Waals surface area contributed by atoms with E-state index in [0.717, 1.165) is 17.4 Å². The fourth-order valence-electron chi connectivity index (χ4n) is 1.89. The van der Waals surface area contributed by atoms with Crippen LogP contribution in [-0.2, 0) is 11.3 Å². The Hall–Kier alpha value is -3.16. The predicted octanol–water partition coefficient (Wildman–Crippen LogP) is 2.40. The van der Waals surface area contributed by atoms with E-state index in [0.29, 0.717) is 6.54 Å². The van der Waals surface area contributed by atoms with E-state index in [1.165, 1.54) is 13.3 Å². The van der Waals surface area contributed by atoms with Gasteiger partial charge in [0.1, 0.15) is 5.75 Å². The van der Waals surface area contributed by atoms with Gasteiger partial charge >= 0.3 is 11.7 Å². The minimum atomic E-state index is -0.678. The summed E-state index contributed by atoms with van der Waals surface area (Å²) in [4.78, 5) is 25.9. The van der Waals surface area contributed by atoms with Crippen LogP contribution in [0.25, 0.3) is 0 Å². The molecule has 0 aliphatic heterocycles. The molecule has 0 spiro atoms. The normalized spacial score (nSPS) is 10.0. The lowest BCUT2D eigenvalue weighted by Gasteiger charge is -2.08. The van der Waals surface area contributed by atoms with Gasteiger partial charge in [0.15, 0.2) is 0 Å². The number of pyridine rings is 1. The summed E-state index contributed by atoms with van der Waals surface area (Å²) in [6, 6.07) is 8.38. The molecule has 0 fully saturated rings. The van der Waals surface area contributed by atoms with E-state index in [1.807, 2.05) is 12.1 Å². The molecule has 120 valence electrons. The Bertz CT molecular complexity index is 716. The molecule has 0 aliphatic rings. The van der Waals surface area contributed by atoms with Crippen LogP contribution < -0.4 is 10.1 Å². The van der Waals surface area contributed by atoms with E-state index in [2.05, 4.69) is 15.0 Å². The number of hydrogen-bond acceptors (Lipinski definition) is 7. The number of nitrogens with one attached hydrogen (secondary N) is 1. The zero-order chi connectivity index (χ0) is 16.8. The van der Waals surface area contributed by atoms with Gasteiger partial charge in [-0.2, -0.15) is 0 Å². The van der Waals surface area contributed by atoms with Crippen LogP contribution in [-0.4, -0.2) is 30.1 Å². The average Bonchev–Trinajstić information content (AvgIpc) is 2.59. The van der Waals surface area contributed by atoms with E-state index >= 15 is 0 Å². The third-order valence-electron chi connectivity index (χ3n) is 3.10. The van der Waals surface area contributed by atoms with Crippen molar-refractivity contribution in [2.24, 2.45) is 0 Å². The van der Waals surface area contributed by atoms with Crippen molar-refractivity contribution < 1.29 is 19.2 Å². The molecule has 8 nitrogen and oxygen atoms in total. The summed E-state index contributed by atoms with van der Waals surface area (Å²) in [7, 11) is 2.77. The quantitative estimate of drug-likeness (QED) is 0.495. The van der Waals surface area contributed by atoms with Crippen LogP contribution in [0.4, 0.5) is 11.5 Å². The molecule has 1 aromatic heterocycles. The molecule has 1 N–H and O–H groups in total. The molecule has 23 heavy (non-hydrogen) atoms. The molecule has 0 radical (unpaired) electrons. The lowest BCUT2D eigenvalue weighted by Crippen LogP contribution is -2.08. The zero-order valence-corrected chi connectivity index (χ0v) is 12.6. The fraction of sp³-hybridized carbons (Fsp3) is 0.200. The highest BCUT2D eigenvalue weighted by Gasteiger charge is 2.19. The van der Waals surface area contributed by atoms with Crippen LogP contribution in [0.5, 0.6) is 5.75 Å². The first kappa shape index (κ1) is 16.2. The second-order valence-corrected chi connectivity index (χ2v) is 4.54. The van der Waals surface area contributed by atoms with Gasteiger partial charge in [-0.15, -0.1) is 0 Å². The molecule has 0 atom stereocenters. The molecule has 2 aromatic rings. The molecule has 0 saturated heterocycles. The zero-order valence-electron chi connectivity index (χ0n) is 12.6. The van der Waals surface area contributed by atoms with Crippen molar-refractivity contribution >= 4 is 17.5 Å². The summed E-state index contributed by atoms with van der Waals surface area (Å²) in [5.74, 6) is 0.126. The summed E-state index contributed by atoms with van der Waals surface area (Å²) < 4.78 is 9.59. The summed E-state index contributed by atoms with van der Waals surface area (Å²) in [6.07, 6.45) is 1.23. The first-order valence-electron chi connectivity index (χ1n) is 6.64. The van der Waals surface area contributed by atoms with Gasteiger partial charge in [-0.25, -0.2) is 9.78 Å². The molecule has 8 heteroatoms. The highest BCUT2D eigenvalue weighted by molar-refractivity contribution is 5.90. The van der Waals surface area contributed by atoms with Crippen LogP contribution in [0.2, 0.25) is 0 Å². The Morgan fingerprint density at radius 1 is 1.30 bits per heavy atom. The molecule has 0 aliphatic carbocycles. The van der Waals surface area contributed by atoms with Crippen LogP contribution >= 0.6 is 0 Å². The van der Waals surface area contributed by atoms with Crippen LogP contribution in [0.3, 0.4) is 0 Å². The van der Waals surface area contributed by atoms with E-state index < -0.39 is 10.9 Å². The van der Waals surface area contributed by atoms with Gasteiger partial charge < -0.3 is 14.8 Å². The third kappa shape index (κ3) is 3.94. The highest BCUT2D eigenvalue weighted by Crippen LogP contribution is 2.24. The average molecular weight is 317 g/mol. The Balaban J connectivity index is 2.18. The largest absolute Gasteiger partial charge is 0.497 e. The Morgan fingerprint density at radius 3 is 2.57 bits per heavy atom. The second kappa shape index (κ2) is 7.21. The number of rotatable bonds is 6. The van der Waals surface area contributed by atoms with Gasteiger partial charge in [-0.1, -0.05) is 12.1 Å². The first-order chi connectivity index (χ1) is 11.0. The van der Waals surface area contributed by atoms with Crippen molar-refractivity contribution in [2.45, 2.75) is 6.54 Å². The second-order valence-electron chi connectivity index (χ2n) is 4.54. The number of nitro groups is 1. The van der Waals surface area contributed by atoms with Gasteiger partial charge in [0.25, 0.3) is 0 Å². The number of methoxy groups -OCH3 is 2. The SMILES string of the molecule is COC(=O)c1cnc(NCc2ccc(OC)cc2)c([N+](=O)[O-])c1. The monoisotopic (exact) mass is 317 g/mol. The third-order valence-corrected chi connectivity index (χ3v) is 3.10. The maximum Gasteiger partial charge on any atom is 0.339 e. The fourth-order valence-corrected chi connectivity index (χ4v) is 1.89. The van der Waals surface area contributed by atoms with E-state index in [1.54, 1.807) is 19.2 Å². The van der Waals surface area contributed by atoms with E-state index in [-0.39, 0.29) is 17.1 Å². The molecule has 0 bridgehead atoms. The smallest absolute Gasteiger partial charge is 0.339 e. The van der Waals surface area contributed by atoms with Crippen LogP contribution in [0, 0.1) is 10.1 Å². The standard InChI is InChI=1S/C15H15N3O5/c1-22-12-5-3-10(4-6-12)8-16-14-13(18(20)21)7-11(9-17-14)15(19)23-2/h3-7,9H,8H2,1-2H3,(H,16,17). The number of esters is 1. The van der Waals surface area contributed by atoms with E-state index in [4.69, 9.17) is 4.74 Å². The minimum Gasteiger partial charge on any atom is -0.497 e. The number of nitrogens with zero attached hydrogens (tertiary/aromatic N) is 2. The lowest BCUT2D eigenvalue weighted by atomic mass is 10.2. The number of ether oxygens (including phenoxy) is 2. The number of carbonyl (C=O) groups excluding carboxylic acids is 1. The number of hydrogen-bond donors (Lipinski definition) is 1. The summed E-state index contributed by atoms with van der Waals surface area (Å²) in [5.41, 5.74) is 0.634. The molecule has 0 saturated carbocycles. The van der Waals surface area contributed by atoms with Crippen molar-refractivity contribution in [1.82, 2.24) is 4.98 Å². The molecule has 1 aromatic carbocycles. The van der Waals surface area contributed by atoms with Gasteiger partial charge in [0.2, 0.25) is 5.82 Å². The number of carbonyl (C=O) groups is 1. The van der Waals surface area contributed by atoms with E-state index in [9.17, 15) is 14.9 Å². The summed E-state index contributed by atoms with van der Waals surface area (Å²) in [5, 5.41) is 14.0.